The van der Waals surface area contributed by atoms with Gasteiger partial charge in [0.25, 0.3) is 5.91 Å². The lowest BCUT2D eigenvalue weighted by atomic mass is 9.82. The van der Waals surface area contributed by atoms with Gasteiger partial charge in [-0.2, -0.15) is 0 Å². The Labute approximate surface area is 361 Å². The number of nitrogens with two attached hydrogens (primary N) is 1. The molecule has 1 aromatic carbocycles. The van der Waals surface area contributed by atoms with Crippen molar-refractivity contribution in [2.45, 2.75) is 187 Å². The van der Waals surface area contributed by atoms with Crippen LogP contribution in [0.2, 0.25) is 0 Å². The summed E-state index contributed by atoms with van der Waals surface area (Å²) in [5.41, 5.74) is 11.0. The van der Waals surface area contributed by atoms with Crippen LogP contribution in [0.15, 0.2) is 30.3 Å². The van der Waals surface area contributed by atoms with E-state index < -0.39 is 54.3 Å². The zero-order chi connectivity index (χ0) is 44.3. The zero-order valence-corrected chi connectivity index (χ0v) is 38.1. The van der Waals surface area contributed by atoms with Gasteiger partial charge in [0, 0.05) is 13.0 Å². The van der Waals surface area contributed by atoms with Crippen LogP contribution < -0.4 is 21.8 Å². The summed E-state index contributed by atoms with van der Waals surface area (Å²) < 4.78 is 16.1. The minimum absolute atomic E-state index is 0.148. The molecule has 5 N–H and O–H groups in total. The van der Waals surface area contributed by atoms with E-state index in [1.54, 1.807) is 5.01 Å². The Bertz CT molecular complexity index is 1370. The standard InChI is InChI=1S/C47H81N5O8/c1-8-9-10-11-12-13-14-15-16-17-18-19-26-31-39(53)60-43(38(32-36-27-22-20-23-28-36)42(54)40(34(2)3)49-46(56)58-6)44(48)52(33-37-29-24-21-25-30-37)51-45(55)41(35(4)5)50-47(57)59-7/h20,22-23,27-28,34-35,37-38,40-41,43-44H,8-19,21,24-26,29-33,48H2,1-7H3,(H,49,56)(H,50,57)(H,51,55)/t38-,40+,41+,43+,44?/m1/s1. The third-order valence-corrected chi connectivity index (χ3v) is 11.8. The number of nitrogens with one attached hydrogen (secondary N) is 3. The predicted octanol–water partition coefficient (Wildman–Crippen LogP) is 8.77. The molecule has 1 fully saturated rings. The highest BCUT2D eigenvalue weighted by Gasteiger charge is 2.43. The van der Waals surface area contributed by atoms with Crippen LogP contribution in [-0.2, 0) is 35.0 Å². The molecule has 0 heterocycles. The molecule has 0 bridgehead atoms. The van der Waals surface area contributed by atoms with Gasteiger partial charge in [-0.15, -0.1) is 0 Å². The van der Waals surface area contributed by atoms with E-state index in [-0.39, 0.29) is 36.4 Å². The molecular weight excluding hydrogens is 763 g/mol. The second-order valence-electron chi connectivity index (χ2n) is 17.5. The summed E-state index contributed by atoms with van der Waals surface area (Å²) in [5.74, 6) is -2.88. The number of amides is 3. The average molecular weight is 844 g/mol. The van der Waals surface area contributed by atoms with Gasteiger partial charge in [0.1, 0.15) is 18.3 Å². The number of benzene rings is 1. The van der Waals surface area contributed by atoms with Crippen LogP contribution in [-0.4, -0.2) is 80.0 Å². The number of Topliss-reactive ketones (excluding diaryl/α,β-unsaturated/α-hetero) is 1. The third-order valence-electron chi connectivity index (χ3n) is 11.8. The largest absolute Gasteiger partial charge is 0.458 e. The molecule has 13 nitrogen and oxygen atoms in total. The fourth-order valence-corrected chi connectivity index (χ4v) is 8.12. The van der Waals surface area contributed by atoms with Crippen molar-refractivity contribution >= 4 is 29.8 Å². The highest BCUT2D eigenvalue weighted by atomic mass is 16.6. The highest BCUT2D eigenvalue weighted by Crippen LogP contribution is 2.28. The van der Waals surface area contributed by atoms with Crippen LogP contribution in [0.4, 0.5) is 9.59 Å². The zero-order valence-electron chi connectivity index (χ0n) is 38.1. The number of hydrogen-bond donors (Lipinski definition) is 4. The number of methoxy groups -OCH3 is 2. The monoisotopic (exact) mass is 844 g/mol. The number of alkyl carbamates (subject to hydrolysis) is 2. The molecule has 0 aliphatic heterocycles. The Balaban J connectivity index is 2.43. The molecule has 0 radical (unpaired) electrons. The van der Waals surface area contributed by atoms with Gasteiger partial charge in [0.05, 0.1) is 26.2 Å². The number of ether oxygens (including phenoxy) is 3. The summed E-state index contributed by atoms with van der Waals surface area (Å²) in [7, 11) is 2.47. The van der Waals surface area contributed by atoms with Crippen LogP contribution in [0, 0.1) is 23.7 Å². The van der Waals surface area contributed by atoms with E-state index in [0.29, 0.717) is 13.0 Å². The quantitative estimate of drug-likeness (QED) is 0.0192. The van der Waals surface area contributed by atoms with Crippen LogP contribution in [0.25, 0.3) is 0 Å². The second kappa shape index (κ2) is 30.3. The minimum atomic E-state index is -1.23. The Kier molecular flexibility index (Phi) is 26.5. The van der Waals surface area contributed by atoms with Gasteiger partial charge in [-0.25, -0.2) is 14.6 Å². The van der Waals surface area contributed by atoms with E-state index in [1.165, 1.54) is 72.0 Å². The van der Waals surface area contributed by atoms with Gasteiger partial charge in [-0.3, -0.25) is 19.8 Å². The number of unbranched alkanes of at least 4 members (excludes halogenated alkanes) is 12. The molecule has 3 amide bonds. The van der Waals surface area contributed by atoms with Crippen molar-refractivity contribution < 1.29 is 38.2 Å². The van der Waals surface area contributed by atoms with Crippen LogP contribution in [0.3, 0.4) is 0 Å². The lowest BCUT2D eigenvalue weighted by Gasteiger charge is -2.41. The van der Waals surface area contributed by atoms with Gasteiger partial charge in [0.15, 0.2) is 5.78 Å². The summed E-state index contributed by atoms with van der Waals surface area (Å²) in [4.78, 5) is 67.7. The number of carbonyl (C=O) groups is 5. The maximum absolute atomic E-state index is 14.9. The first-order valence-electron chi connectivity index (χ1n) is 23.1. The molecule has 5 atom stereocenters. The van der Waals surface area contributed by atoms with Crippen LogP contribution in [0.1, 0.15) is 162 Å². The molecule has 2 rings (SSSR count). The molecule has 60 heavy (non-hydrogen) atoms. The fourth-order valence-electron chi connectivity index (χ4n) is 8.12. The maximum Gasteiger partial charge on any atom is 0.407 e. The number of nitrogens with zero attached hydrogens (tertiary/aromatic N) is 1. The maximum atomic E-state index is 14.9. The molecule has 1 aromatic rings. The smallest absolute Gasteiger partial charge is 0.407 e. The normalized spacial score (nSPS) is 15.8. The number of carbonyl (C=O) groups excluding carboxylic acids is 5. The van der Waals surface area contributed by atoms with Crippen molar-refractivity contribution in [1.29, 1.82) is 0 Å². The van der Waals surface area contributed by atoms with Crippen LogP contribution in [0.5, 0.6) is 0 Å². The van der Waals surface area contributed by atoms with E-state index in [2.05, 4.69) is 23.0 Å². The van der Waals surface area contributed by atoms with Crippen molar-refractivity contribution in [2.24, 2.45) is 29.4 Å². The Hall–Kier alpha value is -3.71. The number of esters is 1. The number of rotatable bonds is 30. The molecule has 1 saturated carbocycles. The number of hydrazine groups is 1. The van der Waals surface area contributed by atoms with E-state index in [9.17, 15) is 24.0 Å². The summed E-state index contributed by atoms with van der Waals surface area (Å²) in [6, 6.07) is 7.45. The average Bonchev–Trinajstić information content (AvgIpc) is 3.24. The lowest BCUT2D eigenvalue weighted by molar-refractivity contribution is -0.161. The van der Waals surface area contributed by atoms with Crippen LogP contribution >= 0.6 is 0 Å². The van der Waals surface area contributed by atoms with Crippen molar-refractivity contribution in [1.82, 2.24) is 21.1 Å². The topological polar surface area (TPSA) is 178 Å². The fraction of sp³-hybridized carbons (Fsp3) is 0.766. The van der Waals surface area contributed by atoms with E-state index in [4.69, 9.17) is 19.9 Å². The van der Waals surface area contributed by atoms with Crippen molar-refractivity contribution in [3.8, 4) is 0 Å². The van der Waals surface area contributed by atoms with E-state index in [1.807, 2.05) is 58.0 Å². The van der Waals surface area contributed by atoms with Crippen molar-refractivity contribution in [3.05, 3.63) is 35.9 Å². The summed E-state index contributed by atoms with van der Waals surface area (Å²) in [5, 5.41) is 6.93. The molecule has 0 saturated heterocycles. The van der Waals surface area contributed by atoms with Gasteiger partial charge >= 0.3 is 18.2 Å². The molecule has 1 aliphatic rings. The molecule has 13 heteroatoms. The molecular formula is C47H81N5O8. The summed E-state index contributed by atoms with van der Waals surface area (Å²) >= 11 is 0. The highest BCUT2D eigenvalue weighted by molar-refractivity contribution is 5.90. The summed E-state index contributed by atoms with van der Waals surface area (Å²) in [6.07, 6.45) is 16.6. The van der Waals surface area contributed by atoms with Gasteiger partial charge in [-0.05, 0) is 49.0 Å². The first kappa shape index (κ1) is 52.4. The Morgan fingerprint density at radius 2 is 1.22 bits per heavy atom. The van der Waals surface area contributed by atoms with Crippen molar-refractivity contribution in [3.63, 3.8) is 0 Å². The predicted molar refractivity (Wildman–Crippen MR) is 237 cm³/mol. The molecule has 342 valence electrons. The number of ketones is 1. The number of hydrogen-bond acceptors (Lipinski definition) is 10. The molecule has 1 aliphatic carbocycles. The molecule has 1 unspecified atom stereocenters. The Morgan fingerprint density at radius 1 is 0.717 bits per heavy atom. The van der Waals surface area contributed by atoms with Gasteiger partial charge in [-0.1, -0.05) is 161 Å². The van der Waals surface area contributed by atoms with Gasteiger partial charge in [0.2, 0.25) is 0 Å². The SMILES string of the molecule is CCCCCCCCCCCCCCCC(=O)O[C@H](C(N)N(CC1CCCCC1)NC(=O)[C@@H](NC(=O)OC)C(C)C)[C@H](Cc1ccccc1)C(=O)[C@@H](NC(=O)OC)C(C)C. The lowest BCUT2D eigenvalue weighted by Crippen LogP contribution is -2.65. The third kappa shape index (κ3) is 20.2. The first-order valence-corrected chi connectivity index (χ1v) is 23.1. The molecule has 0 aromatic heterocycles. The summed E-state index contributed by atoms with van der Waals surface area (Å²) in [6.45, 7) is 9.84. The van der Waals surface area contributed by atoms with E-state index >= 15 is 0 Å². The second-order valence-corrected chi connectivity index (χ2v) is 17.5. The van der Waals surface area contributed by atoms with E-state index in [0.717, 1.165) is 56.9 Å². The van der Waals surface area contributed by atoms with Gasteiger partial charge < -0.3 is 30.6 Å². The first-order chi connectivity index (χ1) is 28.8. The molecule has 0 spiro atoms. The minimum Gasteiger partial charge on any atom is -0.458 e. The Morgan fingerprint density at radius 3 is 1.72 bits per heavy atom. The van der Waals surface area contributed by atoms with Crippen molar-refractivity contribution in [2.75, 3.05) is 20.8 Å².